The Morgan fingerprint density at radius 1 is 1.13 bits per heavy atom. The summed E-state index contributed by atoms with van der Waals surface area (Å²) in [6.45, 7) is 0.511. The van der Waals surface area contributed by atoms with Crippen molar-refractivity contribution in [1.82, 2.24) is 4.84 Å². The lowest BCUT2D eigenvalue weighted by Gasteiger charge is -2.14. The Labute approximate surface area is 139 Å². The van der Waals surface area contributed by atoms with Crippen molar-refractivity contribution in [3.63, 3.8) is 0 Å². The molecule has 0 aromatic heterocycles. The first-order valence-electron chi connectivity index (χ1n) is 6.89. The number of amides is 2. The van der Waals surface area contributed by atoms with Gasteiger partial charge in [0.1, 0.15) is 11.5 Å². The number of hydroxylamine groups is 1. The van der Waals surface area contributed by atoms with Gasteiger partial charge in [0.25, 0.3) is 0 Å². The SMILES string of the molecule is COc1ccc(CCOc2ccc(N(O)C(=O)NCl)cc2)cc1. The third-order valence-corrected chi connectivity index (χ3v) is 3.33. The molecular formula is C16H17ClN2O4. The molecule has 122 valence electrons. The van der Waals surface area contributed by atoms with Gasteiger partial charge >= 0.3 is 6.03 Å². The van der Waals surface area contributed by atoms with E-state index in [1.807, 2.05) is 29.1 Å². The van der Waals surface area contributed by atoms with Gasteiger partial charge in [0.05, 0.1) is 19.4 Å². The van der Waals surface area contributed by atoms with Crippen LogP contribution in [0.1, 0.15) is 5.56 Å². The predicted molar refractivity (Wildman–Crippen MR) is 87.3 cm³/mol. The molecule has 0 saturated carbocycles. The maximum absolute atomic E-state index is 11.2. The zero-order valence-electron chi connectivity index (χ0n) is 12.5. The molecule has 2 aromatic carbocycles. The van der Waals surface area contributed by atoms with Crippen molar-refractivity contribution in [1.29, 1.82) is 0 Å². The molecule has 0 atom stereocenters. The van der Waals surface area contributed by atoms with Crippen molar-refractivity contribution in [3.05, 3.63) is 54.1 Å². The highest BCUT2D eigenvalue weighted by molar-refractivity contribution is 6.22. The van der Waals surface area contributed by atoms with Gasteiger partial charge in [-0.2, -0.15) is 5.06 Å². The van der Waals surface area contributed by atoms with E-state index in [0.717, 1.165) is 17.7 Å². The van der Waals surface area contributed by atoms with E-state index >= 15 is 0 Å². The summed E-state index contributed by atoms with van der Waals surface area (Å²) in [5, 5.41) is 9.94. The van der Waals surface area contributed by atoms with E-state index in [2.05, 4.69) is 0 Å². The van der Waals surface area contributed by atoms with Crippen molar-refractivity contribution in [2.24, 2.45) is 0 Å². The number of halogens is 1. The number of methoxy groups -OCH3 is 1. The molecule has 0 aliphatic rings. The second-order valence-electron chi connectivity index (χ2n) is 4.65. The second-order valence-corrected chi connectivity index (χ2v) is 4.84. The number of carbonyl (C=O) groups excluding carboxylic acids is 1. The monoisotopic (exact) mass is 336 g/mol. The molecule has 0 bridgehead atoms. The van der Waals surface area contributed by atoms with E-state index in [1.165, 1.54) is 0 Å². The minimum atomic E-state index is -0.833. The third kappa shape index (κ3) is 4.77. The Balaban J connectivity index is 1.85. The number of urea groups is 1. The molecule has 0 saturated heterocycles. The molecule has 2 N–H and O–H groups in total. The number of nitrogens with zero attached hydrogens (tertiary/aromatic N) is 1. The first-order valence-corrected chi connectivity index (χ1v) is 7.27. The standard InChI is InChI=1S/C16H17ClN2O4/c1-22-14-6-2-12(3-7-14)10-11-23-15-8-4-13(5-9-15)19(21)16(20)18-17/h2-9,21H,10-11H2,1H3,(H,18,20). The number of benzene rings is 2. The fourth-order valence-corrected chi connectivity index (χ4v) is 2.00. The largest absolute Gasteiger partial charge is 0.497 e. The molecular weight excluding hydrogens is 320 g/mol. The van der Waals surface area contributed by atoms with Crippen LogP contribution < -0.4 is 19.4 Å². The number of ether oxygens (including phenoxy) is 2. The molecule has 0 unspecified atom stereocenters. The van der Waals surface area contributed by atoms with Gasteiger partial charge in [-0.25, -0.2) is 9.63 Å². The molecule has 0 aliphatic heterocycles. The van der Waals surface area contributed by atoms with Crippen LogP contribution in [0.5, 0.6) is 11.5 Å². The molecule has 0 spiro atoms. The summed E-state index contributed by atoms with van der Waals surface area (Å²) in [5.41, 5.74) is 1.42. The first kappa shape index (κ1) is 16.9. The predicted octanol–water partition coefficient (Wildman–Crippen LogP) is 3.38. The molecule has 0 aliphatic carbocycles. The highest BCUT2D eigenvalue weighted by Crippen LogP contribution is 2.19. The van der Waals surface area contributed by atoms with Crippen molar-refractivity contribution >= 4 is 23.5 Å². The minimum absolute atomic E-state index is 0.283. The highest BCUT2D eigenvalue weighted by Gasteiger charge is 2.11. The van der Waals surface area contributed by atoms with Crippen LogP contribution in [-0.2, 0) is 6.42 Å². The van der Waals surface area contributed by atoms with E-state index in [1.54, 1.807) is 31.4 Å². The number of rotatable bonds is 6. The fourth-order valence-electron chi connectivity index (χ4n) is 1.92. The maximum Gasteiger partial charge on any atom is 0.360 e. The third-order valence-electron chi connectivity index (χ3n) is 3.17. The van der Waals surface area contributed by atoms with Crippen LogP contribution in [0.3, 0.4) is 0 Å². The quantitative estimate of drug-likeness (QED) is 0.482. The van der Waals surface area contributed by atoms with E-state index < -0.39 is 6.03 Å². The Morgan fingerprint density at radius 3 is 2.30 bits per heavy atom. The summed E-state index contributed by atoms with van der Waals surface area (Å²) in [5.74, 6) is 1.46. The Bertz CT molecular complexity index is 632. The average Bonchev–Trinajstić information content (AvgIpc) is 2.61. The number of anilines is 1. The van der Waals surface area contributed by atoms with Crippen LogP contribution in [-0.4, -0.2) is 25.0 Å². The van der Waals surface area contributed by atoms with Gasteiger partial charge in [-0.3, -0.25) is 5.21 Å². The smallest absolute Gasteiger partial charge is 0.360 e. The number of hydrogen-bond donors (Lipinski definition) is 2. The first-order chi connectivity index (χ1) is 11.1. The minimum Gasteiger partial charge on any atom is -0.497 e. The fraction of sp³-hybridized carbons (Fsp3) is 0.188. The van der Waals surface area contributed by atoms with Crippen molar-refractivity contribution in [2.75, 3.05) is 18.8 Å². The van der Waals surface area contributed by atoms with Crippen LogP contribution in [0.25, 0.3) is 0 Å². The average molecular weight is 337 g/mol. The molecule has 2 amide bonds. The molecule has 0 heterocycles. The van der Waals surface area contributed by atoms with E-state index in [4.69, 9.17) is 21.3 Å². The van der Waals surface area contributed by atoms with Crippen molar-refractivity contribution in [2.45, 2.75) is 6.42 Å². The number of nitrogens with one attached hydrogen (secondary N) is 1. The van der Waals surface area contributed by atoms with Gasteiger partial charge in [-0.1, -0.05) is 12.1 Å². The van der Waals surface area contributed by atoms with Crippen LogP contribution >= 0.6 is 11.8 Å². The molecule has 2 rings (SSSR count). The van der Waals surface area contributed by atoms with E-state index in [-0.39, 0.29) is 5.69 Å². The normalized spacial score (nSPS) is 10.0. The summed E-state index contributed by atoms with van der Waals surface area (Å²) in [4.78, 5) is 13.0. The van der Waals surface area contributed by atoms with Crippen LogP contribution in [0, 0.1) is 0 Å². The van der Waals surface area contributed by atoms with Crippen molar-refractivity contribution in [3.8, 4) is 11.5 Å². The van der Waals surface area contributed by atoms with Crippen LogP contribution in [0.4, 0.5) is 10.5 Å². The Hall–Kier alpha value is -2.44. The molecule has 7 heteroatoms. The zero-order valence-corrected chi connectivity index (χ0v) is 13.3. The lowest BCUT2D eigenvalue weighted by Crippen LogP contribution is -2.32. The number of hydrogen-bond acceptors (Lipinski definition) is 4. The molecule has 0 fully saturated rings. The molecule has 2 aromatic rings. The molecule has 6 nitrogen and oxygen atoms in total. The van der Waals surface area contributed by atoms with Crippen LogP contribution in [0.2, 0.25) is 0 Å². The van der Waals surface area contributed by atoms with Gasteiger partial charge in [0.2, 0.25) is 0 Å². The van der Waals surface area contributed by atoms with Gasteiger partial charge in [0, 0.05) is 18.2 Å². The lowest BCUT2D eigenvalue weighted by molar-refractivity contribution is 0.209. The molecule has 0 radical (unpaired) electrons. The van der Waals surface area contributed by atoms with Gasteiger partial charge in [-0.15, -0.1) is 0 Å². The van der Waals surface area contributed by atoms with Crippen molar-refractivity contribution < 1.29 is 19.5 Å². The van der Waals surface area contributed by atoms with Gasteiger partial charge < -0.3 is 9.47 Å². The summed E-state index contributed by atoms with van der Waals surface area (Å²) in [7, 11) is 1.63. The second kappa shape index (κ2) is 8.26. The van der Waals surface area contributed by atoms with Gasteiger partial charge in [0.15, 0.2) is 0 Å². The van der Waals surface area contributed by atoms with Gasteiger partial charge in [-0.05, 0) is 42.0 Å². The summed E-state index contributed by atoms with van der Waals surface area (Å²) in [6.07, 6.45) is 0.756. The zero-order chi connectivity index (χ0) is 16.7. The summed E-state index contributed by atoms with van der Waals surface area (Å²) in [6, 6.07) is 13.4. The highest BCUT2D eigenvalue weighted by atomic mass is 35.5. The Morgan fingerprint density at radius 2 is 1.74 bits per heavy atom. The molecule has 23 heavy (non-hydrogen) atoms. The maximum atomic E-state index is 11.2. The summed E-state index contributed by atoms with van der Waals surface area (Å²) >= 11 is 5.14. The van der Waals surface area contributed by atoms with E-state index in [9.17, 15) is 10.0 Å². The topological polar surface area (TPSA) is 71.0 Å². The van der Waals surface area contributed by atoms with E-state index in [0.29, 0.717) is 17.4 Å². The van der Waals surface area contributed by atoms with Crippen LogP contribution in [0.15, 0.2) is 48.5 Å². The Kier molecular flexibility index (Phi) is 6.08. The number of carbonyl (C=O) groups is 1. The summed E-state index contributed by atoms with van der Waals surface area (Å²) < 4.78 is 10.7. The lowest BCUT2D eigenvalue weighted by atomic mass is 10.1.